The maximum absolute atomic E-state index is 11.9. The number of benzene rings is 1. The van der Waals surface area contributed by atoms with Gasteiger partial charge in [0.2, 0.25) is 15.9 Å². The molecule has 0 aliphatic heterocycles. The van der Waals surface area contributed by atoms with Gasteiger partial charge in [0.25, 0.3) is 0 Å². The van der Waals surface area contributed by atoms with Crippen LogP contribution in [0.4, 0.5) is 5.69 Å². The van der Waals surface area contributed by atoms with Gasteiger partial charge in [-0.2, -0.15) is 0 Å². The molecule has 124 valence electrons. The van der Waals surface area contributed by atoms with Crippen molar-refractivity contribution in [3.05, 3.63) is 29.3 Å². The van der Waals surface area contributed by atoms with E-state index in [0.717, 1.165) is 12.7 Å². The van der Waals surface area contributed by atoms with Crippen LogP contribution >= 0.6 is 11.6 Å². The molecule has 0 aromatic heterocycles. The lowest BCUT2D eigenvalue weighted by Gasteiger charge is -2.22. The molecule has 1 amide bonds. The van der Waals surface area contributed by atoms with Gasteiger partial charge in [0.1, 0.15) is 0 Å². The lowest BCUT2D eigenvalue weighted by atomic mass is 10.3. The first-order valence-corrected chi connectivity index (χ1v) is 9.06. The fraction of sp³-hybridized carbons (Fsp3) is 0.500. The summed E-state index contributed by atoms with van der Waals surface area (Å²) in [6, 6.07) is 6.44. The summed E-state index contributed by atoms with van der Waals surface area (Å²) in [7, 11) is -1.87. The van der Waals surface area contributed by atoms with Crippen molar-refractivity contribution in [1.82, 2.24) is 5.32 Å². The first-order chi connectivity index (χ1) is 10.3. The fourth-order valence-electron chi connectivity index (χ4n) is 1.83. The van der Waals surface area contributed by atoms with E-state index in [1.165, 1.54) is 4.31 Å². The van der Waals surface area contributed by atoms with Crippen LogP contribution in [0.15, 0.2) is 24.3 Å². The normalized spacial score (nSPS) is 11.2. The molecule has 0 atom stereocenters. The number of ether oxygens (including phenoxy) is 1. The van der Waals surface area contributed by atoms with E-state index in [1.54, 1.807) is 31.4 Å². The van der Waals surface area contributed by atoms with E-state index >= 15 is 0 Å². The number of methoxy groups -OCH3 is 1. The van der Waals surface area contributed by atoms with Crippen molar-refractivity contribution < 1.29 is 17.9 Å². The van der Waals surface area contributed by atoms with Crippen molar-refractivity contribution >= 4 is 33.2 Å². The van der Waals surface area contributed by atoms with Gasteiger partial charge < -0.3 is 10.1 Å². The second-order valence-corrected chi connectivity index (χ2v) is 7.10. The molecule has 22 heavy (non-hydrogen) atoms. The van der Waals surface area contributed by atoms with Crippen molar-refractivity contribution in [2.45, 2.75) is 12.8 Å². The monoisotopic (exact) mass is 348 g/mol. The molecule has 0 spiro atoms. The summed E-state index contributed by atoms with van der Waals surface area (Å²) in [6.07, 6.45) is 1.91. The van der Waals surface area contributed by atoms with E-state index in [4.69, 9.17) is 16.3 Å². The molecule has 1 rings (SSSR count). The van der Waals surface area contributed by atoms with Crippen LogP contribution in [-0.4, -0.2) is 47.4 Å². The van der Waals surface area contributed by atoms with Crippen LogP contribution in [0.2, 0.25) is 5.02 Å². The number of nitrogens with one attached hydrogen (secondary N) is 1. The number of anilines is 1. The second kappa shape index (κ2) is 8.97. The average Bonchev–Trinajstić information content (AvgIpc) is 2.44. The summed E-state index contributed by atoms with van der Waals surface area (Å²) in [5.74, 6) is -0.196. The van der Waals surface area contributed by atoms with E-state index in [0.29, 0.717) is 23.9 Å². The Morgan fingerprint density at radius 3 is 2.50 bits per heavy atom. The number of carbonyl (C=O) groups excluding carboxylic acids is 1. The summed E-state index contributed by atoms with van der Waals surface area (Å²) in [6.45, 7) is 1.16. The van der Waals surface area contributed by atoms with E-state index in [1.807, 2.05) is 0 Å². The molecule has 0 aliphatic rings. The van der Waals surface area contributed by atoms with Crippen LogP contribution in [0.1, 0.15) is 12.8 Å². The Bertz CT molecular complexity index is 575. The third-order valence-corrected chi connectivity index (χ3v) is 4.35. The van der Waals surface area contributed by atoms with E-state index in [-0.39, 0.29) is 18.9 Å². The largest absolute Gasteiger partial charge is 0.385 e. The van der Waals surface area contributed by atoms with Crippen molar-refractivity contribution in [2.75, 3.05) is 37.4 Å². The molecule has 0 saturated heterocycles. The minimum atomic E-state index is -3.47. The van der Waals surface area contributed by atoms with E-state index in [9.17, 15) is 13.2 Å². The Balaban J connectivity index is 2.60. The third kappa shape index (κ3) is 6.64. The highest BCUT2D eigenvalue weighted by molar-refractivity contribution is 7.92. The maximum atomic E-state index is 11.9. The van der Waals surface area contributed by atoms with Gasteiger partial charge in [-0.05, 0) is 30.7 Å². The zero-order valence-corrected chi connectivity index (χ0v) is 14.3. The summed E-state index contributed by atoms with van der Waals surface area (Å²) >= 11 is 5.80. The van der Waals surface area contributed by atoms with E-state index < -0.39 is 10.0 Å². The van der Waals surface area contributed by atoms with Crippen molar-refractivity contribution in [3.63, 3.8) is 0 Å². The molecule has 0 unspecified atom stereocenters. The molecule has 8 heteroatoms. The highest BCUT2D eigenvalue weighted by atomic mass is 35.5. The molecule has 1 aromatic rings. The van der Waals surface area contributed by atoms with Gasteiger partial charge in [-0.1, -0.05) is 11.6 Å². The molecule has 0 aliphatic carbocycles. The molecule has 0 radical (unpaired) electrons. The predicted molar refractivity (Wildman–Crippen MR) is 87.8 cm³/mol. The minimum Gasteiger partial charge on any atom is -0.385 e. The van der Waals surface area contributed by atoms with Gasteiger partial charge in [0.15, 0.2) is 0 Å². The third-order valence-electron chi connectivity index (χ3n) is 2.90. The fourth-order valence-corrected chi connectivity index (χ4v) is 2.88. The molecule has 1 aromatic carbocycles. The van der Waals surface area contributed by atoms with Gasteiger partial charge >= 0.3 is 0 Å². The number of halogens is 1. The molecule has 6 nitrogen and oxygen atoms in total. The Labute approximate surface area is 136 Å². The first kappa shape index (κ1) is 18.7. The molecular weight excluding hydrogens is 328 g/mol. The van der Waals surface area contributed by atoms with Gasteiger partial charge in [-0.25, -0.2) is 8.42 Å². The highest BCUT2D eigenvalue weighted by Crippen LogP contribution is 2.20. The number of rotatable bonds is 9. The van der Waals surface area contributed by atoms with Crippen LogP contribution < -0.4 is 9.62 Å². The zero-order valence-electron chi connectivity index (χ0n) is 12.7. The number of sulfonamides is 1. The topological polar surface area (TPSA) is 75.7 Å². The quantitative estimate of drug-likeness (QED) is 0.688. The Hall–Kier alpha value is -1.31. The van der Waals surface area contributed by atoms with Gasteiger partial charge in [0, 0.05) is 38.2 Å². The molecule has 1 N–H and O–H groups in total. The maximum Gasteiger partial charge on any atom is 0.232 e. The molecule has 0 saturated carbocycles. The van der Waals surface area contributed by atoms with Gasteiger partial charge in [-0.3, -0.25) is 9.10 Å². The molecule has 0 fully saturated rings. The van der Waals surface area contributed by atoms with Crippen molar-refractivity contribution in [3.8, 4) is 0 Å². The Kier molecular flexibility index (Phi) is 7.64. The van der Waals surface area contributed by atoms with Crippen LogP contribution in [-0.2, 0) is 19.6 Å². The van der Waals surface area contributed by atoms with Gasteiger partial charge in [-0.15, -0.1) is 0 Å². The Morgan fingerprint density at radius 1 is 1.32 bits per heavy atom. The summed E-state index contributed by atoms with van der Waals surface area (Å²) in [4.78, 5) is 11.7. The number of carbonyl (C=O) groups is 1. The minimum absolute atomic E-state index is 0.0799. The van der Waals surface area contributed by atoms with Crippen LogP contribution in [0.5, 0.6) is 0 Å². The Morgan fingerprint density at radius 2 is 1.95 bits per heavy atom. The number of hydrogen-bond donors (Lipinski definition) is 1. The second-order valence-electron chi connectivity index (χ2n) is 4.76. The van der Waals surface area contributed by atoms with Crippen LogP contribution in [0.25, 0.3) is 0 Å². The zero-order chi connectivity index (χ0) is 16.6. The number of nitrogens with zero attached hydrogens (tertiary/aromatic N) is 1. The highest BCUT2D eigenvalue weighted by Gasteiger charge is 2.18. The molecule has 0 heterocycles. The predicted octanol–water partition coefficient (Wildman–Crippen LogP) is 1.65. The summed E-state index contributed by atoms with van der Waals surface area (Å²) < 4.78 is 29.8. The van der Waals surface area contributed by atoms with Crippen molar-refractivity contribution in [2.24, 2.45) is 0 Å². The van der Waals surface area contributed by atoms with Gasteiger partial charge in [0.05, 0.1) is 11.9 Å². The standard InChI is InChI=1S/C14H21ClN2O4S/c1-21-11-3-9-16-14(18)8-10-17(22(2,19)20)13-6-4-12(15)5-7-13/h4-7H,3,8-11H2,1-2H3,(H,16,18). The first-order valence-electron chi connectivity index (χ1n) is 6.83. The van der Waals surface area contributed by atoms with E-state index in [2.05, 4.69) is 5.32 Å². The van der Waals surface area contributed by atoms with Crippen LogP contribution in [0.3, 0.4) is 0 Å². The lowest BCUT2D eigenvalue weighted by molar-refractivity contribution is -0.120. The summed E-state index contributed by atoms with van der Waals surface area (Å²) in [5.41, 5.74) is 0.485. The number of amides is 1. The van der Waals surface area contributed by atoms with Crippen molar-refractivity contribution in [1.29, 1.82) is 0 Å². The SMILES string of the molecule is COCCCNC(=O)CCN(c1ccc(Cl)cc1)S(C)(=O)=O. The molecule has 0 bridgehead atoms. The van der Waals surface area contributed by atoms with Crippen LogP contribution in [0, 0.1) is 0 Å². The lowest BCUT2D eigenvalue weighted by Crippen LogP contribution is -2.35. The molecular formula is C14H21ClN2O4S. The number of hydrogen-bond acceptors (Lipinski definition) is 4. The summed E-state index contributed by atoms with van der Waals surface area (Å²) in [5, 5.41) is 3.24. The smallest absolute Gasteiger partial charge is 0.232 e. The average molecular weight is 349 g/mol.